The lowest BCUT2D eigenvalue weighted by molar-refractivity contribution is 0.690. The summed E-state index contributed by atoms with van der Waals surface area (Å²) in [5.74, 6) is 1.70. The highest BCUT2D eigenvalue weighted by atomic mass is 32.2. The molecule has 4 aromatic carbocycles. The van der Waals surface area contributed by atoms with Crippen LogP contribution in [0, 0.1) is 0 Å². The predicted molar refractivity (Wildman–Crippen MR) is 146 cm³/mol. The third-order valence-corrected chi connectivity index (χ3v) is 8.46. The van der Waals surface area contributed by atoms with Crippen molar-refractivity contribution in [1.82, 2.24) is 15.0 Å². The molecule has 170 valence electrons. The van der Waals surface area contributed by atoms with Gasteiger partial charge in [-0.2, -0.15) is 0 Å². The van der Waals surface area contributed by atoms with Crippen molar-refractivity contribution in [2.45, 2.75) is 15.5 Å². The molecule has 0 spiro atoms. The van der Waals surface area contributed by atoms with Gasteiger partial charge in [0.05, 0.1) is 10.2 Å². The zero-order valence-corrected chi connectivity index (χ0v) is 20.6. The summed E-state index contributed by atoms with van der Waals surface area (Å²) < 4.78 is 2.29. The van der Waals surface area contributed by atoms with Crippen molar-refractivity contribution < 1.29 is 0 Å². The number of nitrogens with one attached hydrogen (secondary N) is 1. The highest BCUT2D eigenvalue weighted by molar-refractivity contribution is 8.00. The predicted octanol–water partition coefficient (Wildman–Crippen LogP) is 7.69. The molecule has 0 bridgehead atoms. The highest BCUT2D eigenvalue weighted by Crippen LogP contribution is 2.44. The molecule has 5 heteroatoms. The number of aromatic amines is 1. The summed E-state index contributed by atoms with van der Waals surface area (Å²) in [5, 5.41) is 0. The SMILES string of the molecule is c1ccc(C(c2ccccc2)(c2ccccc2)c2ncc(CSc3nc4ccccc4s3)[nH]2)cc1. The molecule has 0 saturated carbocycles. The first-order chi connectivity index (χ1) is 17.3. The van der Waals surface area contributed by atoms with Crippen LogP contribution in [-0.4, -0.2) is 15.0 Å². The number of imidazole rings is 1. The number of hydrogen-bond acceptors (Lipinski definition) is 4. The van der Waals surface area contributed by atoms with Gasteiger partial charge < -0.3 is 4.98 Å². The van der Waals surface area contributed by atoms with Gasteiger partial charge in [-0.3, -0.25) is 0 Å². The van der Waals surface area contributed by atoms with Gasteiger partial charge in [-0.25, -0.2) is 9.97 Å². The number of fused-ring (bicyclic) bond motifs is 1. The summed E-state index contributed by atoms with van der Waals surface area (Å²) >= 11 is 3.48. The van der Waals surface area contributed by atoms with E-state index in [1.165, 1.54) is 21.4 Å². The third kappa shape index (κ3) is 4.07. The Balaban J connectivity index is 1.43. The number of rotatable bonds is 7. The molecule has 0 unspecified atom stereocenters. The molecular weight excluding hydrogens is 466 g/mol. The standard InChI is InChI=1S/C30H23N3S2/c1-4-12-22(13-5-1)30(23-14-6-2-7-15-23,24-16-8-3-9-17-24)28-31-20-25(32-28)21-34-29-33-26-18-10-11-19-27(26)35-29/h1-20H,21H2,(H,31,32). The summed E-state index contributed by atoms with van der Waals surface area (Å²) in [6, 6.07) is 40.2. The van der Waals surface area contributed by atoms with Crippen LogP contribution >= 0.6 is 23.1 Å². The minimum absolute atomic E-state index is 0.553. The zero-order valence-electron chi connectivity index (χ0n) is 19.0. The van der Waals surface area contributed by atoms with Crippen LogP contribution in [0.3, 0.4) is 0 Å². The molecule has 0 atom stereocenters. The van der Waals surface area contributed by atoms with E-state index in [2.05, 4.69) is 114 Å². The van der Waals surface area contributed by atoms with E-state index in [4.69, 9.17) is 9.97 Å². The second-order valence-corrected chi connectivity index (χ2v) is 10.6. The van der Waals surface area contributed by atoms with E-state index in [-0.39, 0.29) is 0 Å². The van der Waals surface area contributed by atoms with E-state index >= 15 is 0 Å². The molecule has 3 nitrogen and oxygen atoms in total. The number of hydrogen-bond donors (Lipinski definition) is 1. The molecule has 0 aliphatic carbocycles. The molecule has 2 heterocycles. The normalized spacial score (nSPS) is 11.7. The molecule has 0 aliphatic heterocycles. The Morgan fingerprint density at radius 1 is 0.686 bits per heavy atom. The first-order valence-corrected chi connectivity index (χ1v) is 13.3. The zero-order chi connectivity index (χ0) is 23.5. The Kier molecular flexibility index (Phi) is 5.94. The van der Waals surface area contributed by atoms with Gasteiger partial charge >= 0.3 is 0 Å². The van der Waals surface area contributed by atoms with Crippen LogP contribution in [-0.2, 0) is 11.2 Å². The number of H-pyrrole nitrogens is 1. The molecular formula is C30H23N3S2. The topological polar surface area (TPSA) is 41.6 Å². The molecule has 6 aromatic rings. The minimum Gasteiger partial charge on any atom is -0.344 e. The van der Waals surface area contributed by atoms with Crippen LogP contribution in [0.2, 0.25) is 0 Å². The largest absolute Gasteiger partial charge is 0.344 e. The van der Waals surface area contributed by atoms with Crippen LogP contribution in [0.15, 0.2) is 126 Å². The second kappa shape index (κ2) is 9.53. The van der Waals surface area contributed by atoms with Gasteiger partial charge in [0.25, 0.3) is 0 Å². The lowest BCUT2D eigenvalue weighted by atomic mass is 9.69. The number of para-hydroxylation sites is 1. The summed E-state index contributed by atoms with van der Waals surface area (Å²) in [4.78, 5) is 13.5. The third-order valence-electron chi connectivity index (χ3n) is 6.23. The summed E-state index contributed by atoms with van der Waals surface area (Å²) in [6.45, 7) is 0. The first-order valence-electron chi connectivity index (χ1n) is 11.5. The van der Waals surface area contributed by atoms with Crippen molar-refractivity contribution >= 4 is 33.3 Å². The number of thiazole rings is 1. The highest BCUT2D eigenvalue weighted by Gasteiger charge is 2.40. The molecule has 0 radical (unpaired) electrons. The molecule has 6 rings (SSSR count). The van der Waals surface area contributed by atoms with E-state index in [0.29, 0.717) is 0 Å². The summed E-state index contributed by atoms with van der Waals surface area (Å²) in [7, 11) is 0. The quantitative estimate of drug-likeness (QED) is 0.185. The van der Waals surface area contributed by atoms with Gasteiger partial charge in [0.15, 0.2) is 4.34 Å². The number of nitrogens with zero attached hydrogens (tertiary/aromatic N) is 2. The van der Waals surface area contributed by atoms with Gasteiger partial charge in [-0.15, -0.1) is 11.3 Å². The van der Waals surface area contributed by atoms with Crippen molar-refractivity contribution in [3.05, 3.63) is 150 Å². The fourth-order valence-corrected chi connectivity index (χ4v) is 6.62. The van der Waals surface area contributed by atoms with Gasteiger partial charge in [0, 0.05) is 17.6 Å². The summed E-state index contributed by atoms with van der Waals surface area (Å²) in [6.07, 6.45) is 1.97. The van der Waals surface area contributed by atoms with Crippen LogP contribution < -0.4 is 0 Å². The van der Waals surface area contributed by atoms with E-state index in [0.717, 1.165) is 27.1 Å². The number of aromatic nitrogens is 3. The Bertz CT molecular complexity index is 1410. The lowest BCUT2D eigenvalue weighted by Gasteiger charge is -2.34. The van der Waals surface area contributed by atoms with E-state index in [9.17, 15) is 0 Å². The fourth-order valence-electron chi connectivity index (χ4n) is 4.65. The molecule has 2 aromatic heterocycles. The Morgan fingerprint density at radius 2 is 1.23 bits per heavy atom. The van der Waals surface area contributed by atoms with Gasteiger partial charge in [0.2, 0.25) is 0 Å². The summed E-state index contributed by atoms with van der Waals surface area (Å²) in [5.41, 5.74) is 5.12. The van der Waals surface area contributed by atoms with Crippen LogP contribution in [0.25, 0.3) is 10.2 Å². The van der Waals surface area contributed by atoms with Crippen molar-refractivity contribution in [3.8, 4) is 0 Å². The minimum atomic E-state index is -0.553. The van der Waals surface area contributed by atoms with Crippen molar-refractivity contribution in [3.63, 3.8) is 0 Å². The first kappa shape index (κ1) is 21.8. The van der Waals surface area contributed by atoms with E-state index < -0.39 is 5.41 Å². The maximum atomic E-state index is 4.99. The van der Waals surface area contributed by atoms with Crippen molar-refractivity contribution in [2.24, 2.45) is 0 Å². The van der Waals surface area contributed by atoms with Crippen molar-refractivity contribution in [1.29, 1.82) is 0 Å². The Hall–Kier alpha value is -3.67. The average Bonchev–Trinajstić information content (AvgIpc) is 3.57. The van der Waals surface area contributed by atoms with E-state index in [1.807, 2.05) is 12.3 Å². The molecule has 0 fully saturated rings. The molecule has 35 heavy (non-hydrogen) atoms. The number of benzene rings is 4. The van der Waals surface area contributed by atoms with Crippen LogP contribution in [0.4, 0.5) is 0 Å². The maximum absolute atomic E-state index is 4.99. The maximum Gasteiger partial charge on any atom is 0.151 e. The van der Waals surface area contributed by atoms with Crippen molar-refractivity contribution in [2.75, 3.05) is 0 Å². The molecule has 0 saturated heterocycles. The van der Waals surface area contributed by atoms with Crippen LogP contribution in [0.5, 0.6) is 0 Å². The fraction of sp³-hybridized carbons (Fsp3) is 0.0667. The molecule has 0 amide bonds. The average molecular weight is 490 g/mol. The van der Waals surface area contributed by atoms with E-state index in [1.54, 1.807) is 23.1 Å². The Labute approximate surface area is 212 Å². The molecule has 1 N–H and O–H groups in total. The monoisotopic (exact) mass is 489 g/mol. The van der Waals surface area contributed by atoms with Gasteiger partial charge in [0.1, 0.15) is 11.2 Å². The van der Waals surface area contributed by atoms with Gasteiger partial charge in [-0.1, -0.05) is 115 Å². The second-order valence-electron chi connectivity index (χ2n) is 8.34. The van der Waals surface area contributed by atoms with Gasteiger partial charge in [-0.05, 0) is 28.8 Å². The Morgan fingerprint density at radius 3 is 1.80 bits per heavy atom. The lowest BCUT2D eigenvalue weighted by Crippen LogP contribution is -2.32. The van der Waals surface area contributed by atoms with Crippen LogP contribution in [0.1, 0.15) is 28.2 Å². The molecule has 0 aliphatic rings. The smallest absolute Gasteiger partial charge is 0.151 e. The number of thioether (sulfide) groups is 1.